The highest BCUT2D eigenvalue weighted by molar-refractivity contribution is 5.20. The standard InChI is InChI=1S/C15H22N6/c1-10-7-11(2)17-12(8-10)9-21-6-4-5-13(21)14-18-15(16)20(3)19-14/h7-8,13H,4-6,9H2,1-3H3,(H2,16,18,19). The summed E-state index contributed by atoms with van der Waals surface area (Å²) in [4.78, 5) is 11.4. The summed E-state index contributed by atoms with van der Waals surface area (Å²) >= 11 is 0. The molecule has 0 spiro atoms. The maximum atomic E-state index is 5.80. The number of nitrogens with zero attached hydrogens (tertiary/aromatic N) is 5. The lowest BCUT2D eigenvalue weighted by atomic mass is 10.2. The molecule has 112 valence electrons. The Labute approximate surface area is 125 Å². The van der Waals surface area contributed by atoms with Crippen LogP contribution in [0, 0.1) is 13.8 Å². The molecule has 2 aromatic rings. The molecule has 0 aliphatic carbocycles. The number of pyridine rings is 1. The van der Waals surface area contributed by atoms with Gasteiger partial charge in [0, 0.05) is 19.3 Å². The zero-order valence-electron chi connectivity index (χ0n) is 12.9. The third-order valence-corrected chi connectivity index (χ3v) is 3.99. The fourth-order valence-corrected chi connectivity index (χ4v) is 3.08. The lowest BCUT2D eigenvalue weighted by Gasteiger charge is -2.22. The van der Waals surface area contributed by atoms with Crippen LogP contribution in [0.25, 0.3) is 0 Å². The van der Waals surface area contributed by atoms with Crippen LogP contribution in [0.15, 0.2) is 12.1 Å². The summed E-state index contributed by atoms with van der Waals surface area (Å²) in [5.41, 5.74) is 9.25. The Hall–Kier alpha value is -1.95. The summed E-state index contributed by atoms with van der Waals surface area (Å²) in [6.07, 6.45) is 2.24. The number of nitrogen functional groups attached to an aromatic ring is 1. The Morgan fingerprint density at radius 2 is 2.10 bits per heavy atom. The summed E-state index contributed by atoms with van der Waals surface area (Å²) in [5.74, 6) is 1.30. The predicted molar refractivity (Wildman–Crippen MR) is 81.5 cm³/mol. The van der Waals surface area contributed by atoms with E-state index in [2.05, 4.69) is 39.0 Å². The number of nitrogens with two attached hydrogens (primary N) is 1. The molecule has 1 saturated heterocycles. The van der Waals surface area contributed by atoms with Crippen LogP contribution in [-0.2, 0) is 13.6 Å². The lowest BCUT2D eigenvalue weighted by Crippen LogP contribution is -2.24. The van der Waals surface area contributed by atoms with Gasteiger partial charge in [-0.1, -0.05) is 0 Å². The van der Waals surface area contributed by atoms with Gasteiger partial charge in [0.05, 0.1) is 11.7 Å². The minimum absolute atomic E-state index is 0.246. The molecule has 0 amide bonds. The largest absolute Gasteiger partial charge is 0.368 e. The topological polar surface area (TPSA) is 72.9 Å². The number of hydrogen-bond donors (Lipinski definition) is 1. The van der Waals surface area contributed by atoms with Gasteiger partial charge in [0.25, 0.3) is 0 Å². The van der Waals surface area contributed by atoms with E-state index in [4.69, 9.17) is 5.73 Å². The first-order valence-corrected chi connectivity index (χ1v) is 7.37. The van der Waals surface area contributed by atoms with Gasteiger partial charge in [-0.25, -0.2) is 4.68 Å². The van der Waals surface area contributed by atoms with E-state index in [1.54, 1.807) is 4.68 Å². The highest BCUT2D eigenvalue weighted by atomic mass is 15.4. The van der Waals surface area contributed by atoms with Crippen LogP contribution in [0.4, 0.5) is 5.95 Å². The SMILES string of the molecule is Cc1cc(C)nc(CN2CCCC2c2nc(N)n(C)n2)c1. The van der Waals surface area contributed by atoms with Crippen LogP contribution in [0.5, 0.6) is 0 Å². The summed E-state index contributed by atoms with van der Waals surface area (Å²) in [5, 5.41) is 4.44. The number of hydrogen-bond acceptors (Lipinski definition) is 5. The van der Waals surface area contributed by atoms with Crippen molar-refractivity contribution >= 4 is 5.95 Å². The summed E-state index contributed by atoms with van der Waals surface area (Å²) in [6.45, 7) is 6.04. The van der Waals surface area contributed by atoms with Gasteiger partial charge in [-0.3, -0.25) is 9.88 Å². The maximum absolute atomic E-state index is 5.80. The second kappa shape index (κ2) is 5.44. The molecule has 2 aromatic heterocycles. The first-order valence-electron chi connectivity index (χ1n) is 7.37. The van der Waals surface area contributed by atoms with Gasteiger partial charge in [-0.2, -0.15) is 10.1 Å². The van der Waals surface area contributed by atoms with Crippen molar-refractivity contribution in [2.45, 2.75) is 39.3 Å². The molecule has 1 atom stereocenters. The summed E-state index contributed by atoms with van der Waals surface area (Å²) < 4.78 is 1.64. The highest BCUT2D eigenvalue weighted by Crippen LogP contribution is 2.31. The van der Waals surface area contributed by atoms with Gasteiger partial charge in [-0.15, -0.1) is 0 Å². The number of anilines is 1. The molecule has 3 rings (SSSR count). The molecular weight excluding hydrogens is 264 g/mol. The second-order valence-corrected chi connectivity index (χ2v) is 5.86. The monoisotopic (exact) mass is 286 g/mol. The molecule has 0 aromatic carbocycles. The zero-order valence-corrected chi connectivity index (χ0v) is 12.9. The van der Waals surface area contributed by atoms with Crippen LogP contribution >= 0.6 is 0 Å². The van der Waals surface area contributed by atoms with Crippen molar-refractivity contribution < 1.29 is 0 Å². The Morgan fingerprint density at radius 1 is 1.29 bits per heavy atom. The summed E-state index contributed by atoms with van der Waals surface area (Å²) in [7, 11) is 1.83. The van der Waals surface area contributed by atoms with Crippen molar-refractivity contribution in [1.82, 2.24) is 24.6 Å². The molecule has 0 saturated carbocycles. The second-order valence-electron chi connectivity index (χ2n) is 5.86. The molecule has 1 aliphatic heterocycles. The van der Waals surface area contributed by atoms with Crippen molar-refractivity contribution in [3.63, 3.8) is 0 Å². The molecule has 1 unspecified atom stereocenters. The Morgan fingerprint density at radius 3 is 2.76 bits per heavy atom. The van der Waals surface area contributed by atoms with Crippen molar-refractivity contribution in [3.05, 3.63) is 34.9 Å². The van der Waals surface area contributed by atoms with E-state index in [0.29, 0.717) is 5.95 Å². The van der Waals surface area contributed by atoms with E-state index in [-0.39, 0.29) is 6.04 Å². The minimum atomic E-state index is 0.246. The van der Waals surface area contributed by atoms with Crippen LogP contribution in [0.2, 0.25) is 0 Å². The number of aryl methyl sites for hydroxylation is 3. The quantitative estimate of drug-likeness (QED) is 0.930. The lowest BCUT2D eigenvalue weighted by molar-refractivity contribution is 0.236. The Bertz CT molecular complexity index is 608. The molecule has 21 heavy (non-hydrogen) atoms. The molecule has 0 radical (unpaired) electrons. The first kappa shape index (κ1) is 14.0. The molecule has 1 aliphatic rings. The van der Waals surface area contributed by atoms with Crippen molar-refractivity contribution in [2.24, 2.45) is 7.05 Å². The third-order valence-electron chi connectivity index (χ3n) is 3.99. The van der Waals surface area contributed by atoms with Gasteiger partial charge in [0.15, 0.2) is 5.82 Å². The fourth-order valence-electron chi connectivity index (χ4n) is 3.08. The molecule has 0 bridgehead atoms. The average Bonchev–Trinajstić information content (AvgIpc) is 2.96. The van der Waals surface area contributed by atoms with E-state index < -0.39 is 0 Å². The van der Waals surface area contributed by atoms with E-state index in [1.807, 2.05) is 14.0 Å². The molecule has 2 N–H and O–H groups in total. The molecule has 6 heteroatoms. The van der Waals surface area contributed by atoms with E-state index in [1.165, 1.54) is 5.56 Å². The normalized spacial score (nSPS) is 19.3. The molecule has 6 nitrogen and oxygen atoms in total. The number of rotatable bonds is 3. The Balaban J connectivity index is 1.80. The van der Waals surface area contributed by atoms with Gasteiger partial charge < -0.3 is 5.73 Å². The van der Waals surface area contributed by atoms with Crippen molar-refractivity contribution in [2.75, 3.05) is 12.3 Å². The van der Waals surface area contributed by atoms with Crippen molar-refractivity contribution in [1.29, 1.82) is 0 Å². The molecule has 3 heterocycles. The van der Waals surface area contributed by atoms with E-state index >= 15 is 0 Å². The van der Waals surface area contributed by atoms with Crippen LogP contribution in [0.3, 0.4) is 0 Å². The fraction of sp³-hybridized carbons (Fsp3) is 0.533. The first-order chi connectivity index (χ1) is 10.0. The highest BCUT2D eigenvalue weighted by Gasteiger charge is 2.29. The maximum Gasteiger partial charge on any atom is 0.218 e. The Kier molecular flexibility index (Phi) is 3.63. The van der Waals surface area contributed by atoms with Gasteiger partial charge in [0.2, 0.25) is 5.95 Å². The average molecular weight is 286 g/mol. The van der Waals surface area contributed by atoms with E-state index in [9.17, 15) is 0 Å². The van der Waals surface area contributed by atoms with Crippen molar-refractivity contribution in [3.8, 4) is 0 Å². The van der Waals surface area contributed by atoms with Crippen LogP contribution in [-0.4, -0.2) is 31.2 Å². The van der Waals surface area contributed by atoms with Crippen LogP contribution in [0.1, 0.15) is 41.7 Å². The molecular formula is C15H22N6. The minimum Gasteiger partial charge on any atom is -0.368 e. The zero-order chi connectivity index (χ0) is 15.0. The van der Waals surface area contributed by atoms with Gasteiger partial charge in [0.1, 0.15) is 0 Å². The number of aromatic nitrogens is 4. The van der Waals surface area contributed by atoms with Gasteiger partial charge in [-0.05, 0) is 50.9 Å². The van der Waals surface area contributed by atoms with Crippen LogP contribution < -0.4 is 5.73 Å². The third kappa shape index (κ3) is 2.90. The number of likely N-dealkylation sites (tertiary alicyclic amines) is 1. The molecule has 1 fully saturated rings. The summed E-state index contributed by atoms with van der Waals surface area (Å²) in [6, 6.07) is 4.50. The predicted octanol–water partition coefficient (Wildman–Crippen LogP) is 1.75. The smallest absolute Gasteiger partial charge is 0.218 e. The van der Waals surface area contributed by atoms with E-state index in [0.717, 1.165) is 43.1 Å². The van der Waals surface area contributed by atoms with Gasteiger partial charge >= 0.3 is 0 Å².